The predicted octanol–water partition coefficient (Wildman–Crippen LogP) is 3.41. The van der Waals surface area contributed by atoms with Crippen LogP contribution in [0.2, 0.25) is 5.02 Å². The molecular weight excluding hydrogens is 360 g/mol. The molecule has 0 fully saturated rings. The van der Waals surface area contributed by atoms with E-state index >= 15 is 0 Å². The molecule has 5 nitrogen and oxygen atoms in total. The fourth-order valence-corrected chi connectivity index (χ4v) is 3.15. The van der Waals surface area contributed by atoms with E-state index in [1.54, 1.807) is 0 Å². The molecule has 0 saturated heterocycles. The van der Waals surface area contributed by atoms with Gasteiger partial charge in [-0.15, -0.1) is 0 Å². The minimum absolute atomic E-state index is 0.0466. The smallest absolute Gasteiger partial charge is 0.279 e. The zero-order valence-corrected chi connectivity index (χ0v) is 16.5. The van der Waals surface area contributed by atoms with Gasteiger partial charge in [0.25, 0.3) is 5.91 Å². The molecule has 0 aliphatic rings. The standard InChI is InChI=1S/C21H23ClN4O/c1-14(17-9-11-18(22)12-10-17)23-13-20(27)24-21-15(2)25-26(16(21)3)19-7-5-4-6-8-19/h4-12,14,23H,13H2,1-3H3,(H,24,27)/p+1/t14-/m1/s1. The fourth-order valence-electron chi connectivity index (χ4n) is 3.02. The number of benzene rings is 2. The first-order chi connectivity index (χ1) is 13.0. The zero-order valence-electron chi connectivity index (χ0n) is 15.7. The van der Waals surface area contributed by atoms with Gasteiger partial charge in [-0.05, 0) is 45.0 Å². The van der Waals surface area contributed by atoms with Crippen molar-refractivity contribution in [1.29, 1.82) is 0 Å². The summed E-state index contributed by atoms with van der Waals surface area (Å²) in [5.41, 5.74) is 4.60. The maximum Gasteiger partial charge on any atom is 0.279 e. The van der Waals surface area contributed by atoms with E-state index in [1.165, 1.54) is 0 Å². The molecule has 1 aromatic heterocycles. The van der Waals surface area contributed by atoms with Crippen molar-refractivity contribution in [3.63, 3.8) is 0 Å². The largest absolute Gasteiger partial charge is 0.333 e. The first kappa shape index (κ1) is 19.1. The van der Waals surface area contributed by atoms with Gasteiger partial charge >= 0.3 is 0 Å². The molecule has 27 heavy (non-hydrogen) atoms. The molecule has 0 unspecified atom stereocenters. The van der Waals surface area contributed by atoms with Gasteiger partial charge in [-0.25, -0.2) is 4.68 Å². The van der Waals surface area contributed by atoms with Crippen LogP contribution in [0.5, 0.6) is 0 Å². The third-order valence-electron chi connectivity index (χ3n) is 4.61. The summed E-state index contributed by atoms with van der Waals surface area (Å²) in [6, 6.07) is 17.8. The number of nitrogens with zero attached hydrogens (tertiary/aromatic N) is 2. The van der Waals surface area contributed by atoms with Crippen molar-refractivity contribution < 1.29 is 10.1 Å². The Labute approximate surface area is 164 Å². The third kappa shape index (κ3) is 4.56. The first-order valence-electron chi connectivity index (χ1n) is 8.96. The summed E-state index contributed by atoms with van der Waals surface area (Å²) in [7, 11) is 0. The molecule has 1 amide bonds. The number of aryl methyl sites for hydroxylation is 1. The van der Waals surface area contributed by atoms with Gasteiger partial charge < -0.3 is 10.6 Å². The highest BCUT2D eigenvalue weighted by Crippen LogP contribution is 2.22. The number of quaternary nitrogens is 1. The van der Waals surface area contributed by atoms with E-state index in [2.05, 4.69) is 17.3 Å². The van der Waals surface area contributed by atoms with Crippen LogP contribution in [0.3, 0.4) is 0 Å². The van der Waals surface area contributed by atoms with Crippen molar-refractivity contribution in [3.8, 4) is 5.69 Å². The number of aromatic nitrogens is 2. The summed E-state index contributed by atoms with van der Waals surface area (Å²) in [6.45, 7) is 6.27. The first-order valence-corrected chi connectivity index (χ1v) is 9.34. The molecule has 3 N–H and O–H groups in total. The highest BCUT2D eigenvalue weighted by Gasteiger charge is 2.17. The van der Waals surface area contributed by atoms with Gasteiger partial charge in [0, 0.05) is 10.6 Å². The maximum atomic E-state index is 12.5. The summed E-state index contributed by atoms with van der Waals surface area (Å²) < 4.78 is 1.85. The van der Waals surface area contributed by atoms with E-state index in [-0.39, 0.29) is 11.9 Å². The predicted molar refractivity (Wildman–Crippen MR) is 108 cm³/mol. The van der Waals surface area contributed by atoms with Gasteiger partial charge in [0.05, 0.1) is 22.8 Å². The number of para-hydroxylation sites is 1. The molecule has 140 valence electrons. The molecule has 0 bridgehead atoms. The van der Waals surface area contributed by atoms with Crippen LogP contribution in [0.15, 0.2) is 54.6 Å². The summed E-state index contributed by atoms with van der Waals surface area (Å²) in [4.78, 5) is 12.5. The van der Waals surface area contributed by atoms with Gasteiger partial charge in [0.1, 0.15) is 6.04 Å². The topological polar surface area (TPSA) is 63.5 Å². The van der Waals surface area contributed by atoms with Gasteiger partial charge in [-0.2, -0.15) is 5.10 Å². The van der Waals surface area contributed by atoms with E-state index in [1.807, 2.05) is 78.4 Å². The van der Waals surface area contributed by atoms with Crippen LogP contribution in [-0.2, 0) is 4.79 Å². The van der Waals surface area contributed by atoms with E-state index in [0.29, 0.717) is 11.6 Å². The SMILES string of the molecule is Cc1nn(-c2ccccc2)c(C)c1NC(=O)C[NH2+][C@H](C)c1ccc(Cl)cc1. The second-order valence-electron chi connectivity index (χ2n) is 6.62. The van der Waals surface area contributed by atoms with Crippen LogP contribution < -0.4 is 10.6 Å². The van der Waals surface area contributed by atoms with E-state index < -0.39 is 0 Å². The van der Waals surface area contributed by atoms with E-state index in [4.69, 9.17) is 11.6 Å². The number of anilines is 1. The van der Waals surface area contributed by atoms with Crippen LogP contribution in [0, 0.1) is 13.8 Å². The second kappa shape index (κ2) is 8.37. The monoisotopic (exact) mass is 383 g/mol. The Balaban J connectivity index is 1.64. The number of amides is 1. The molecule has 0 radical (unpaired) electrons. The lowest BCUT2D eigenvalue weighted by Gasteiger charge is -2.11. The maximum absolute atomic E-state index is 12.5. The normalized spacial score (nSPS) is 12.0. The van der Waals surface area contributed by atoms with Crippen molar-refractivity contribution >= 4 is 23.2 Å². The van der Waals surface area contributed by atoms with Gasteiger partial charge in [-0.3, -0.25) is 4.79 Å². The summed E-state index contributed by atoms with van der Waals surface area (Å²) >= 11 is 5.93. The quantitative estimate of drug-likeness (QED) is 0.685. The molecule has 0 spiro atoms. The number of carbonyl (C=O) groups is 1. The summed E-state index contributed by atoms with van der Waals surface area (Å²) in [5, 5.41) is 10.3. The van der Waals surface area contributed by atoms with Crippen molar-refractivity contribution in [1.82, 2.24) is 9.78 Å². The Morgan fingerprint density at radius 3 is 2.48 bits per heavy atom. The fraction of sp³-hybridized carbons (Fsp3) is 0.238. The molecule has 3 aromatic rings. The highest BCUT2D eigenvalue weighted by atomic mass is 35.5. The molecule has 1 heterocycles. The summed E-state index contributed by atoms with van der Waals surface area (Å²) in [5.74, 6) is -0.0466. The number of nitrogens with one attached hydrogen (secondary N) is 1. The zero-order chi connectivity index (χ0) is 19.4. The minimum Gasteiger partial charge on any atom is -0.333 e. The van der Waals surface area contributed by atoms with Crippen molar-refractivity contribution in [2.24, 2.45) is 0 Å². The molecular formula is C21H24ClN4O+. The van der Waals surface area contributed by atoms with Crippen LogP contribution >= 0.6 is 11.6 Å². The summed E-state index contributed by atoms with van der Waals surface area (Å²) in [6.07, 6.45) is 0. The number of hydrogen-bond donors (Lipinski definition) is 2. The van der Waals surface area contributed by atoms with E-state index in [0.717, 1.165) is 28.3 Å². The number of rotatable bonds is 6. The van der Waals surface area contributed by atoms with Crippen molar-refractivity contribution in [3.05, 3.63) is 76.6 Å². The molecule has 1 atom stereocenters. The Hall–Kier alpha value is -2.63. The third-order valence-corrected chi connectivity index (χ3v) is 4.86. The molecule has 0 aliphatic carbocycles. The lowest BCUT2D eigenvalue weighted by atomic mass is 10.1. The van der Waals surface area contributed by atoms with Gasteiger partial charge in [-0.1, -0.05) is 41.9 Å². The van der Waals surface area contributed by atoms with Crippen LogP contribution in [-0.4, -0.2) is 22.2 Å². The van der Waals surface area contributed by atoms with Crippen molar-refractivity contribution in [2.45, 2.75) is 26.8 Å². The average Bonchev–Trinajstić information content (AvgIpc) is 2.95. The lowest BCUT2D eigenvalue weighted by molar-refractivity contribution is -0.682. The second-order valence-corrected chi connectivity index (χ2v) is 7.06. The van der Waals surface area contributed by atoms with Crippen LogP contribution in [0.1, 0.15) is 29.9 Å². The lowest BCUT2D eigenvalue weighted by Crippen LogP contribution is -2.86. The molecule has 0 saturated carbocycles. The Bertz CT molecular complexity index is 919. The highest BCUT2D eigenvalue weighted by molar-refractivity contribution is 6.30. The molecule has 3 rings (SSSR count). The Morgan fingerprint density at radius 1 is 1.15 bits per heavy atom. The van der Waals surface area contributed by atoms with E-state index in [9.17, 15) is 4.79 Å². The number of halogens is 1. The van der Waals surface area contributed by atoms with Gasteiger partial charge in [0.2, 0.25) is 0 Å². The number of nitrogens with two attached hydrogens (primary N) is 1. The van der Waals surface area contributed by atoms with Crippen LogP contribution in [0.4, 0.5) is 5.69 Å². The number of carbonyl (C=O) groups excluding carboxylic acids is 1. The van der Waals surface area contributed by atoms with Gasteiger partial charge in [0.15, 0.2) is 6.54 Å². The van der Waals surface area contributed by atoms with Crippen molar-refractivity contribution in [2.75, 3.05) is 11.9 Å². The minimum atomic E-state index is -0.0466. The molecule has 2 aromatic carbocycles. The number of hydrogen-bond acceptors (Lipinski definition) is 2. The van der Waals surface area contributed by atoms with Crippen LogP contribution in [0.25, 0.3) is 5.69 Å². The average molecular weight is 384 g/mol. The Kier molecular flexibility index (Phi) is 5.94. The Morgan fingerprint density at radius 2 is 1.81 bits per heavy atom. The molecule has 0 aliphatic heterocycles. The molecule has 6 heteroatoms.